The molecule has 0 saturated carbocycles. The molecule has 0 atom stereocenters. The zero-order chi connectivity index (χ0) is 10.0. The predicted octanol–water partition coefficient (Wildman–Crippen LogP) is 0.371. The molecule has 7 heteroatoms. The number of nitro groups is 1. The summed E-state index contributed by atoms with van der Waals surface area (Å²) in [6, 6.07) is 0. The smallest absolute Gasteiger partial charge is 0.388 e. The Labute approximate surface area is 73.2 Å². The fourth-order valence-corrected chi connectivity index (χ4v) is 0.928. The number of imidazole rings is 1. The zero-order valence-corrected chi connectivity index (χ0v) is 6.76. The van der Waals surface area contributed by atoms with E-state index in [-0.39, 0.29) is 11.6 Å². The van der Waals surface area contributed by atoms with Gasteiger partial charge in [-0.05, 0) is 9.91 Å². The number of hydrogen-bond donors (Lipinski definition) is 1. The van der Waals surface area contributed by atoms with Gasteiger partial charge in [-0.15, -0.1) is 6.57 Å². The van der Waals surface area contributed by atoms with Gasteiger partial charge in [-0.3, -0.25) is 4.57 Å². The van der Waals surface area contributed by atoms with Crippen molar-refractivity contribution in [2.45, 2.75) is 6.61 Å². The summed E-state index contributed by atoms with van der Waals surface area (Å²) in [4.78, 5) is 16.1. The maximum Gasteiger partial charge on any atom is 0.388 e. The van der Waals surface area contributed by atoms with E-state index < -0.39 is 17.3 Å². The van der Waals surface area contributed by atoms with Gasteiger partial charge in [0, 0.05) is 7.05 Å². The minimum atomic E-state index is -0.722. The summed E-state index contributed by atoms with van der Waals surface area (Å²) in [6.45, 7) is 6.14. The highest BCUT2D eigenvalue weighted by Crippen LogP contribution is 2.22. The highest BCUT2D eigenvalue weighted by atomic mass is 16.6. The van der Waals surface area contributed by atoms with Crippen LogP contribution in [0.4, 0.5) is 11.8 Å². The number of nitrogens with zero attached hydrogens (tertiary/aromatic N) is 4. The summed E-state index contributed by atoms with van der Waals surface area (Å²) < 4.78 is 1.20. The van der Waals surface area contributed by atoms with Gasteiger partial charge in [0.25, 0.3) is 0 Å². The molecular weight excluding hydrogens is 176 g/mol. The van der Waals surface area contributed by atoms with Crippen LogP contribution in [-0.4, -0.2) is 19.6 Å². The van der Waals surface area contributed by atoms with Gasteiger partial charge in [0.05, 0.1) is 0 Å². The Bertz CT molecular complexity index is 389. The van der Waals surface area contributed by atoms with Crippen molar-refractivity contribution in [1.29, 1.82) is 0 Å². The molecule has 7 nitrogen and oxygen atoms in total. The molecular formula is C6H6N4O3. The van der Waals surface area contributed by atoms with Crippen molar-refractivity contribution in [3.05, 3.63) is 27.2 Å². The SMILES string of the molecule is [C-]#[N+]c1nc([N+](=O)[O-])c(CO)n1C. The van der Waals surface area contributed by atoms with Crippen LogP contribution in [0.15, 0.2) is 0 Å². The molecule has 0 amide bonds. The number of aromatic nitrogens is 2. The van der Waals surface area contributed by atoms with E-state index in [2.05, 4.69) is 9.83 Å². The van der Waals surface area contributed by atoms with Gasteiger partial charge < -0.3 is 20.1 Å². The average Bonchev–Trinajstić information content (AvgIpc) is 2.42. The molecule has 0 fully saturated rings. The fraction of sp³-hybridized carbons (Fsp3) is 0.333. The Balaban J connectivity index is 3.38. The van der Waals surface area contributed by atoms with Crippen molar-refractivity contribution in [3.8, 4) is 0 Å². The second-order valence-electron chi connectivity index (χ2n) is 2.27. The predicted molar refractivity (Wildman–Crippen MR) is 42.0 cm³/mol. The third kappa shape index (κ3) is 1.34. The van der Waals surface area contributed by atoms with E-state index in [1.807, 2.05) is 0 Å². The first kappa shape index (κ1) is 9.15. The lowest BCUT2D eigenvalue weighted by Gasteiger charge is -1.94. The third-order valence-corrected chi connectivity index (χ3v) is 1.59. The largest absolute Gasteiger partial charge is 0.389 e. The molecule has 0 aliphatic carbocycles. The molecule has 68 valence electrons. The van der Waals surface area contributed by atoms with Crippen LogP contribution in [0, 0.1) is 16.7 Å². The molecule has 1 aromatic heterocycles. The molecule has 1 aromatic rings. The van der Waals surface area contributed by atoms with Gasteiger partial charge in [-0.25, -0.2) is 0 Å². The van der Waals surface area contributed by atoms with Crippen LogP contribution in [-0.2, 0) is 13.7 Å². The second kappa shape index (κ2) is 3.20. The molecule has 0 saturated heterocycles. The third-order valence-electron chi connectivity index (χ3n) is 1.59. The minimum absolute atomic E-state index is 0.0380. The molecule has 1 N–H and O–H groups in total. The Kier molecular flexibility index (Phi) is 2.25. The monoisotopic (exact) mass is 182 g/mol. The van der Waals surface area contributed by atoms with E-state index in [1.54, 1.807) is 0 Å². The summed E-state index contributed by atoms with van der Waals surface area (Å²) in [6.07, 6.45) is 0. The molecule has 1 heterocycles. The lowest BCUT2D eigenvalue weighted by atomic mass is 10.4. The first-order valence-electron chi connectivity index (χ1n) is 3.30. The van der Waals surface area contributed by atoms with Gasteiger partial charge in [0.1, 0.15) is 6.61 Å². The van der Waals surface area contributed by atoms with Crippen LogP contribution in [0.3, 0.4) is 0 Å². The van der Waals surface area contributed by atoms with Crippen molar-refractivity contribution in [1.82, 2.24) is 9.55 Å². The van der Waals surface area contributed by atoms with Crippen molar-refractivity contribution in [3.63, 3.8) is 0 Å². The average molecular weight is 182 g/mol. The molecule has 0 radical (unpaired) electrons. The number of aliphatic hydroxyl groups excluding tert-OH is 1. The molecule has 0 unspecified atom stereocenters. The van der Waals surface area contributed by atoms with Crippen LogP contribution in [0.5, 0.6) is 0 Å². The van der Waals surface area contributed by atoms with Crippen LogP contribution >= 0.6 is 0 Å². The van der Waals surface area contributed by atoms with Crippen LogP contribution < -0.4 is 0 Å². The standard InChI is InChI=1S/C6H6N4O3/c1-7-6-8-5(10(12)13)4(3-11)9(6)2/h11H,3H2,2H3. The van der Waals surface area contributed by atoms with Gasteiger partial charge in [-0.1, -0.05) is 0 Å². The zero-order valence-electron chi connectivity index (χ0n) is 6.76. The molecule has 0 aliphatic heterocycles. The van der Waals surface area contributed by atoms with E-state index in [0.717, 1.165) is 0 Å². The molecule has 0 aromatic carbocycles. The van der Waals surface area contributed by atoms with E-state index in [0.29, 0.717) is 0 Å². The summed E-state index contributed by atoms with van der Waals surface area (Å²) >= 11 is 0. The lowest BCUT2D eigenvalue weighted by molar-refractivity contribution is -0.390. The van der Waals surface area contributed by atoms with Crippen molar-refractivity contribution < 1.29 is 10.0 Å². The Morgan fingerprint density at radius 2 is 2.46 bits per heavy atom. The van der Waals surface area contributed by atoms with Gasteiger partial charge in [0.15, 0.2) is 5.69 Å². The fourth-order valence-electron chi connectivity index (χ4n) is 0.928. The molecule has 13 heavy (non-hydrogen) atoms. The molecule has 0 spiro atoms. The topological polar surface area (TPSA) is 85.6 Å². The van der Waals surface area contributed by atoms with Crippen LogP contribution in [0.1, 0.15) is 5.69 Å². The number of hydrogen-bond acceptors (Lipinski definition) is 4. The minimum Gasteiger partial charge on any atom is -0.389 e. The summed E-state index contributed by atoms with van der Waals surface area (Å²) in [5.41, 5.74) is 0.0380. The van der Waals surface area contributed by atoms with Crippen LogP contribution in [0.2, 0.25) is 0 Å². The highest BCUT2D eigenvalue weighted by Gasteiger charge is 2.24. The first-order valence-corrected chi connectivity index (χ1v) is 3.30. The summed E-state index contributed by atoms with van der Waals surface area (Å²) in [7, 11) is 1.44. The Morgan fingerprint density at radius 3 is 2.77 bits per heavy atom. The maximum atomic E-state index is 10.4. The van der Waals surface area contributed by atoms with E-state index >= 15 is 0 Å². The quantitative estimate of drug-likeness (QED) is 0.406. The Morgan fingerprint density at radius 1 is 1.85 bits per heavy atom. The van der Waals surface area contributed by atoms with Gasteiger partial charge >= 0.3 is 11.8 Å². The molecule has 1 rings (SSSR count). The van der Waals surface area contributed by atoms with E-state index in [1.165, 1.54) is 11.6 Å². The normalized spacial score (nSPS) is 9.62. The van der Waals surface area contributed by atoms with E-state index in [9.17, 15) is 10.1 Å². The lowest BCUT2D eigenvalue weighted by Crippen LogP contribution is -1.99. The first-order chi connectivity index (χ1) is 6.11. The van der Waals surface area contributed by atoms with Gasteiger partial charge in [-0.2, -0.15) is 0 Å². The van der Waals surface area contributed by atoms with Crippen molar-refractivity contribution in [2.75, 3.05) is 0 Å². The maximum absolute atomic E-state index is 10.4. The second-order valence-corrected chi connectivity index (χ2v) is 2.27. The number of rotatable bonds is 2. The Hall–Kier alpha value is -1.94. The van der Waals surface area contributed by atoms with Crippen molar-refractivity contribution >= 4 is 11.8 Å². The number of aliphatic hydroxyl groups is 1. The summed E-state index contributed by atoms with van der Waals surface area (Å²) in [5.74, 6) is -0.563. The molecule has 0 aliphatic rings. The van der Waals surface area contributed by atoms with Crippen molar-refractivity contribution in [2.24, 2.45) is 7.05 Å². The highest BCUT2D eigenvalue weighted by molar-refractivity contribution is 5.41. The van der Waals surface area contributed by atoms with E-state index in [4.69, 9.17) is 11.7 Å². The van der Waals surface area contributed by atoms with Crippen LogP contribution in [0.25, 0.3) is 4.85 Å². The summed E-state index contributed by atoms with van der Waals surface area (Å²) in [5, 5.41) is 19.2. The van der Waals surface area contributed by atoms with Gasteiger partial charge in [0.2, 0.25) is 0 Å². The molecule has 0 bridgehead atoms.